The molecule has 0 saturated heterocycles. The second-order valence-electron chi connectivity index (χ2n) is 3.34. The lowest BCUT2D eigenvalue weighted by molar-refractivity contribution is -0.137. The number of aromatic nitrogens is 2. The average molecular weight is 307 g/mol. The summed E-state index contributed by atoms with van der Waals surface area (Å²) in [5, 5.41) is 3.59. The van der Waals surface area contributed by atoms with Crippen molar-refractivity contribution in [1.29, 1.82) is 0 Å². The van der Waals surface area contributed by atoms with Gasteiger partial charge in [0, 0.05) is 22.4 Å². The molecule has 0 aliphatic heterocycles. The monoisotopic (exact) mass is 306 g/mol. The Morgan fingerprint density at radius 3 is 2.65 bits per heavy atom. The van der Waals surface area contributed by atoms with Crippen LogP contribution in [0.1, 0.15) is 17.0 Å². The van der Waals surface area contributed by atoms with Gasteiger partial charge in [0.25, 0.3) is 4.80 Å². The van der Waals surface area contributed by atoms with Gasteiger partial charge in [-0.1, -0.05) is 23.4 Å². The van der Waals surface area contributed by atoms with Crippen molar-refractivity contribution in [1.82, 2.24) is 10.1 Å². The summed E-state index contributed by atoms with van der Waals surface area (Å²) < 4.78 is 42.0. The molecule has 0 spiro atoms. The van der Waals surface area contributed by atoms with Crippen LogP contribution in [-0.2, 0) is 12.6 Å². The van der Waals surface area contributed by atoms with Crippen LogP contribution in [0, 0.1) is 0 Å². The Bertz CT molecular complexity index is 524. The van der Waals surface area contributed by atoms with Gasteiger partial charge in [0.2, 0.25) is 0 Å². The second kappa shape index (κ2) is 4.48. The third-order valence-electron chi connectivity index (χ3n) is 2.06. The molecule has 0 fully saturated rings. The Balaban J connectivity index is 2.22. The molecule has 0 atom stereocenters. The minimum atomic E-state index is -4.34. The highest BCUT2D eigenvalue weighted by atomic mass is 79.9. The van der Waals surface area contributed by atoms with Crippen molar-refractivity contribution >= 4 is 15.9 Å². The van der Waals surface area contributed by atoms with Crippen LogP contribution < -0.4 is 0 Å². The van der Waals surface area contributed by atoms with Crippen LogP contribution in [-0.4, -0.2) is 10.1 Å². The fraction of sp³-hybridized carbons (Fsp3) is 0.200. The molecule has 0 amide bonds. The van der Waals surface area contributed by atoms with Gasteiger partial charge in [-0.2, -0.15) is 18.2 Å². The van der Waals surface area contributed by atoms with E-state index < -0.39 is 11.7 Å². The molecule has 2 aromatic rings. The number of halogens is 4. The van der Waals surface area contributed by atoms with E-state index in [9.17, 15) is 13.2 Å². The quantitative estimate of drug-likeness (QED) is 0.853. The van der Waals surface area contributed by atoms with E-state index in [2.05, 4.69) is 30.6 Å². The molecule has 3 nitrogen and oxygen atoms in total. The number of hydrogen-bond acceptors (Lipinski definition) is 3. The molecule has 7 heteroatoms. The lowest BCUT2D eigenvalue weighted by Crippen LogP contribution is -2.05. The van der Waals surface area contributed by atoms with Crippen LogP contribution >= 0.6 is 15.9 Å². The van der Waals surface area contributed by atoms with Crippen LogP contribution in [0.2, 0.25) is 0 Å². The molecule has 0 N–H and O–H groups in total. The van der Waals surface area contributed by atoms with Gasteiger partial charge in [-0.3, -0.25) is 0 Å². The summed E-state index contributed by atoms with van der Waals surface area (Å²) in [7, 11) is 0. The standard InChI is InChI=1S/C10H6BrF3N2O/c11-9-15-8(16-17-9)5-6-2-1-3-7(4-6)10(12,13)14/h1-4H,5H2. The van der Waals surface area contributed by atoms with Crippen molar-refractivity contribution in [2.24, 2.45) is 0 Å². The number of nitrogens with zero attached hydrogens (tertiary/aromatic N) is 2. The topological polar surface area (TPSA) is 38.9 Å². The van der Waals surface area contributed by atoms with Gasteiger partial charge < -0.3 is 4.52 Å². The molecule has 90 valence electrons. The zero-order valence-corrected chi connectivity index (χ0v) is 9.92. The molecule has 0 saturated carbocycles. The number of alkyl halides is 3. The van der Waals surface area contributed by atoms with Crippen molar-refractivity contribution < 1.29 is 17.7 Å². The first-order valence-corrected chi connectivity index (χ1v) is 5.38. The zero-order valence-electron chi connectivity index (χ0n) is 8.33. The normalized spacial score (nSPS) is 11.8. The van der Waals surface area contributed by atoms with E-state index in [-0.39, 0.29) is 11.2 Å². The highest BCUT2D eigenvalue weighted by molar-refractivity contribution is 9.10. The SMILES string of the molecule is FC(F)(F)c1cccc(Cc2noc(Br)n2)c1. The number of benzene rings is 1. The van der Waals surface area contributed by atoms with Crippen LogP contribution in [0.3, 0.4) is 0 Å². The van der Waals surface area contributed by atoms with E-state index in [1.807, 2.05) is 0 Å². The smallest absolute Gasteiger partial charge is 0.327 e. The molecule has 1 aromatic heterocycles. The minimum absolute atomic E-state index is 0.193. The maximum Gasteiger partial charge on any atom is 0.416 e. The van der Waals surface area contributed by atoms with E-state index in [4.69, 9.17) is 0 Å². The Kier molecular flexibility index (Phi) is 3.19. The van der Waals surface area contributed by atoms with Crippen LogP contribution in [0.5, 0.6) is 0 Å². The molecule has 0 aliphatic rings. The predicted octanol–water partition coefficient (Wildman–Crippen LogP) is 3.44. The molecule has 0 radical (unpaired) electrons. The van der Waals surface area contributed by atoms with Gasteiger partial charge in [-0.15, -0.1) is 0 Å². The molecular formula is C10H6BrF3N2O. The largest absolute Gasteiger partial charge is 0.416 e. The molecule has 0 aliphatic carbocycles. The van der Waals surface area contributed by atoms with E-state index in [1.165, 1.54) is 6.07 Å². The zero-order chi connectivity index (χ0) is 12.5. The summed E-state index contributed by atoms with van der Waals surface area (Å²) in [6.45, 7) is 0. The Morgan fingerprint density at radius 1 is 1.29 bits per heavy atom. The van der Waals surface area contributed by atoms with Gasteiger partial charge in [-0.05, 0) is 11.6 Å². The van der Waals surface area contributed by atoms with E-state index in [0.29, 0.717) is 11.4 Å². The van der Waals surface area contributed by atoms with Crippen LogP contribution in [0.25, 0.3) is 0 Å². The lowest BCUT2D eigenvalue weighted by atomic mass is 10.1. The fourth-order valence-electron chi connectivity index (χ4n) is 1.34. The second-order valence-corrected chi connectivity index (χ2v) is 4.02. The van der Waals surface area contributed by atoms with Crippen molar-refractivity contribution in [3.63, 3.8) is 0 Å². The number of rotatable bonds is 2. The summed E-state index contributed by atoms with van der Waals surface area (Å²) in [6.07, 6.45) is -4.15. The maximum absolute atomic E-state index is 12.5. The average Bonchev–Trinajstić information content (AvgIpc) is 2.63. The van der Waals surface area contributed by atoms with Crippen LogP contribution in [0.4, 0.5) is 13.2 Å². The molecule has 0 unspecified atom stereocenters. The third-order valence-corrected chi connectivity index (χ3v) is 2.38. The van der Waals surface area contributed by atoms with Gasteiger partial charge in [0.05, 0.1) is 5.56 Å². The summed E-state index contributed by atoms with van der Waals surface area (Å²) in [5.74, 6) is 0.330. The molecular weight excluding hydrogens is 301 g/mol. The van der Waals surface area contributed by atoms with E-state index in [0.717, 1.165) is 12.1 Å². The summed E-state index contributed by atoms with van der Waals surface area (Å²) in [6, 6.07) is 5.03. The lowest BCUT2D eigenvalue weighted by Gasteiger charge is -2.07. The summed E-state index contributed by atoms with van der Waals surface area (Å²) in [5.41, 5.74) is -0.203. The highest BCUT2D eigenvalue weighted by Gasteiger charge is 2.30. The van der Waals surface area contributed by atoms with Crippen molar-refractivity contribution in [2.75, 3.05) is 0 Å². The molecule has 1 heterocycles. The van der Waals surface area contributed by atoms with Crippen LogP contribution in [0.15, 0.2) is 33.6 Å². The van der Waals surface area contributed by atoms with E-state index in [1.54, 1.807) is 6.07 Å². The van der Waals surface area contributed by atoms with Gasteiger partial charge >= 0.3 is 6.18 Å². The van der Waals surface area contributed by atoms with Crippen molar-refractivity contribution in [3.05, 3.63) is 46.0 Å². The summed E-state index contributed by atoms with van der Waals surface area (Å²) in [4.78, 5) is 4.06. The summed E-state index contributed by atoms with van der Waals surface area (Å²) >= 11 is 2.97. The number of hydrogen-bond donors (Lipinski definition) is 0. The van der Waals surface area contributed by atoms with Crippen molar-refractivity contribution in [2.45, 2.75) is 12.6 Å². The fourth-order valence-corrected chi connectivity index (χ4v) is 1.62. The van der Waals surface area contributed by atoms with Crippen molar-refractivity contribution in [3.8, 4) is 0 Å². The van der Waals surface area contributed by atoms with Gasteiger partial charge in [0.15, 0.2) is 5.82 Å². The van der Waals surface area contributed by atoms with Gasteiger partial charge in [-0.25, -0.2) is 0 Å². The highest BCUT2D eigenvalue weighted by Crippen LogP contribution is 2.29. The Morgan fingerprint density at radius 2 is 2.06 bits per heavy atom. The molecule has 2 rings (SSSR count). The Labute approximate surface area is 103 Å². The van der Waals surface area contributed by atoms with E-state index >= 15 is 0 Å². The third kappa shape index (κ3) is 3.06. The van der Waals surface area contributed by atoms with Gasteiger partial charge in [0.1, 0.15) is 0 Å². The maximum atomic E-state index is 12.5. The first-order chi connectivity index (χ1) is 7.95. The predicted molar refractivity (Wildman–Crippen MR) is 56.2 cm³/mol. The first kappa shape index (κ1) is 12.1. The molecule has 17 heavy (non-hydrogen) atoms. The molecule has 0 bridgehead atoms. The Hall–Kier alpha value is -1.37. The molecule has 1 aromatic carbocycles. The minimum Gasteiger partial charge on any atom is -0.327 e. The first-order valence-electron chi connectivity index (χ1n) is 4.59.